The highest BCUT2D eigenvalue weighted by Gasteiger charge is 2.17. The molecule has 124 valence electrons. The first-order valence-corrected chi connectivity index (χ1v) is 8.56. The van der Waals surface area contributed by atoms with Crippen LogP contribution in [0.1, 0.15) is 5.69 Å². The molecule has 5 aromatic rings. The maximum absolute atomic E-state index is 4.90. The number of hydrogen-bond donors (Lipinski definition) is 0. The van der Waals surface area contributed by atoms with E-state index in [9.17, 15) is 0 Å². The van der Waals surface area contributed by atoms with Crippen molar-refractivity contribution in [1.82, 2.24) is 19.4 Å². The molecule has 0 unspecified atom stereocenters. The number of hydrogen-bond acceptors (Lipinski definition) is 3. The second-order valence-electron chi connectivity index (χ2n) is 6.31. The molecule has 5 rings (SSSR count). The number of pyridine rings is 3. The topological polar surface area (TPSA) is 43.1 Å². The normalized spacial score (nSPS) is 11.3. The Morgan fingerprint density at radius 2 is 1.81 bits per heavy atom. The van der Waals surface area contributed by atoms with Crippen molar-refractivity contribution in [2.75, 3.05) is 0 Å². The van der Waals surface area contributed by atoms with Gasteiger partial charge < -0.3 is 0 Å². The van der Waals surface area contributed by atoms with E-state index in [2.05, 4.69) is 27.6 Å². The van der Waals surface area contributed by atoms with Crippen LogP contribution in [0.4, 0.5) is 0 Å². The highest BCUT2D eigenvalue weighted by atomic mass is 15.0. The predicted octanol–water partition coefficient (Wildman–Crippen LogP) is 4.92. The average Bonchev–Trinajstić information content (AvgIpc) is 3.07. The Labute approximate surface area is 150 Å². The summed E-state index contributed by atoms with van der Waals surface area (Å²) in [6.45, 7) is 2.01. The maximum atomic E-state index is 4.90. The summed E-state index contributed by atoms with van der Waals surface area (Å²) in [5.41, 5.74) is 6.80. The minimum atomic E-state index is 0.909. The molecular formula is C22H16N4. The van der Waals surface area contributed by atoms with Gasteiger partial charge in [0.15, 0.2) is 0 Å². The molecule has 0 N–H and O–H groups in total. The number of aromatic nitrogens is 4. The van der Waals surface area contributed by atoms with Gasteiger partial charge in [-0.05, 0) is 49.4 Å². The Morgan fingerprint density at radius 3 is 2.73 bits per heavy atom. The first-order chi connectivity index (χ1) is 12.8. The van der Waals surface area contributed by atoms with Crippen molar-refractivity contribution in [3.05, 3.63) is 84.8 Å². The SMILES string of the molecule is Cc1cccc(-c2c(-c3ccc4ncccc4c3)nc3ccccn23)n1. The highest BCUT2D eigenvalue weighted by molar-refractivity contribution is 5.88. The maximum Gasteiger partial charge on any atom is 0.137 e. The Morgan fingerprint density at radius 1 is 0.846 bits per heavy atom. The lowest BCUT2D eigenvalue weighted by molar-refractivity contribution is 1.14. The van der Waals surface area contributed by atoms with Crippen LogP contribution in [-0.2, 0) is 0 Å². The third-order valence-corrected chi connectivity index (χ3v) is 4.54. The molecule has 0 fully saturated rings. The fraction of sp³-hybridized carbons (Fsp3) is 0.0455. The molecule has 0 saturated carbocycles. The van der Waals surface area contributed by atoms with Gasteiger partial charge in [-0.25, -0.2) is 4.98 Å². The van der Waals surface area contributed by atoms with Crippen LogP contribution in [0.15, 0.2) is 79.1 Å². The van der Waals surface area contributed by atoms with Crippen molar-refractivity contribution in [2.45, 2.75) is 6.92 Å². The number of rotatable bonds is 2. The minimum Gasteiger partial charge on any atom is -0.298 e. The largest absolute Gasteiger partial charge is 0.298 e. The zero-order chi connectivity index (χ0) is 17.5. The molecule has 1 aromatic carbocycles. The van der Waals surface area contributed by atoms with Gasteiger partial charge in [-0.15, -0.1) is 0 Å². The summed E-state index contributed by atoms with van der Waals surface area (Å²) in [7, 11) is 0. The van der Waals surface area contributed by atoms with E-state index >= 15 is 0 Å². The molecule has 0 saturated heterocycles. The second kappa shape index (κ2) is 5.77. The van der Waals surface area contributed by atoms with Crippen molar-refractivity contribution in [3.63, 3.8) is 0 Å². The van der Waals surface area contributed by atoms with Crippen LogP contribution in [0.25, 0.3) is 39.2 Å². The molecular weight excluding hydrogens is 320 g/mol. The molecule has 4 heteroatoms. The van der Waals surface area contributed by atoms with Gasteiger partial charge in [-0.3, -0.25) is 14.4 Å². The van der Waals surface area contributed by atoms with Crippen LogP contribution in [-0.4, -0.2) is 19.4 Å². The standard InChI is InChI=1S/C22H16N4/c1-15-6-4-8-19(24-15)22-21(25-20-9-2-3-13-26(20)22)17-10-11-18-16(14-17)7-5-12-23-18/h2-14H,1H3. The Bertz CT molecular complexity index is 1250. The number of fused-ring (bicyclic) bond motifs is 2. The van der Waals surface area contributed by atoms with Crippen LogP contribution in [0.3, 0.4) is 0 Å². The lowest BCUT2D eigenvalue weighted by Gasteiger charge is -2.07. The quantitative estimate of drug-likeness (QED) is 0.459. The summed E-state index contributed by atoms with van der Waals surface area (Å²) in [6, 6.07) is 22.4. The van der Waals surface area contributed by atoms with Crippen LogP contribution >= 0.6 is 0 Å². The number of aryl methyl sites for hydroxylation is 1. The molecule has 0 atom stereocenters. The smallest absolute Gasteiger partial charge is 0.137 e. The van der Waals surface area contributed by atoms with Crippen LogP contribution in [0, 0.1) is 6.92 Å². The number of nitrogens with zero attached hydrogens (tertiary/aromatic N) is 4. The number of imidazole rings is 1. The molecule has 0 spiro atoms. The summed E-state index contributed by atoms with van der Waals surface area (Å²) < 4.78 is 2.10. The summed E-state index contributed by atoms with van der Waals surface area (Å²) >= 11 is 0. The van der Waals surface area contributed by atoms with Gasteiger partial charge in [0.2, 0.25) is 0 Å². The van der Waals surface area contributed by atoms with Gasteiger partial charge >= 0.3 is 0 Å². The molecule has 26 heavy (non-hydrogen) atoms. The van der Waals surface area contributed by atoms with E-state index in [1.807, 2.05) is 67.8 Å². The van der Waals surface area contributed by atoms with E-state index in [1.54, 1.807) is 0 Å². The molecule has 4 heterocycles. The van der Waals surface area contributed by atoms with Crippen molar-refractivity contribution < 1.29 is 0 Å². The van der Waals surface area contributed by atoms with E-state index in [0.717, 1.165) is 44.9 Å². The summed E-state index contributed by atoms with van der Waals surface area (Å²) in [5, 5.41) is 1.10. The third kappa shape index (κ3) is 2.35. The molecule has 0 aliphatic heterocycles. The first-order valence-electron chi connectivity index (χ1n) is 8.56. The lowest BCUT2D eigenvalue weighted by atomic mass is 10.1. The van der Waals surface area contributed by atoms with E-state index in [0.29, 0.717) is 0 Å². The Kier molecular flexibility index (Phi) is 3.28. The molecule has 0 amide bonds. The molecule has 0 radical (unpaired) electrons. The van der Waals surface area contributed by atoms with Crippen LogP contribution in [0.5, 0.6) is 0 Å². The van der Waals surface area contributed by atoms with Gasteiger partial charge in [0, 0.05) is 29.0 Å². The second-order valence-corrected chi connectivity index (χ2v) is 6.31. The van der Waals surface area contributed by atoms with Crippen LogP contribution in [0.2, 0.25) is 0 Å². The fourth-order valence-corrected chi connectivity index (χ4v) is 3.34. The van der Waals surface area contributed by atoms with E-state index in [1.165, 1.54) is 0 Å². The van der Waals surface area contributed by atoms with E-state index < -0.39 is 0 Å². The fourth-order valence-electron chi connectivity index (χ4n) is 3.34. The van der Waals surface area contributed by atoms with Crippen molar-refractivity contribution in [2.24, 2.45) is 0 Å². The van der Waals surface area contributed by atoms with Crippen LogP contribution < -0.4 is 0 Å². The molecule has 0 aliphatic rings. The zero-order valence-electron chi connectivity index (χ0n) is 14.3. The average molecular weight is 336 g/mol. The Hall–Kier alpha value is -3.53. The van der Waals surface area contributed by atoms with Gasteiger partial charge in [0.05, 0.1) is 22.6 Å². The lowest BCUT2D eigenvalue weighted by Crippen LogP contribution is -1.93. The van der Waals surface area contributed by atoms with Crippen molar-refractivity contribution >= 4 is 16.6 Å². The highest BCUT2D eigenvalue weighted by Crippen LogP contribution is 2.33. The minimum absolute atomic E-state index is 0.909. The summed E-state index contributed by atoms with van der Waals surface area (Å²) in [5.74, 6) is 0. The molecule has 0 bridgehead atoms. The first kappa shape index (κ1) is 14.8. The van der Waals surface area contributed by atoms with Gasteiger partial charge in [-0.1, -0.05) is 24.3 Å². The third-order valence-electron chi connectivity index (χ3n) is 4.54. The van der Waals surface area contributed by atoms with E-state index in [-0.39, 0.29) is 0 Å². The zero-order valence-corrected chi connectivity index (χ0v) is 14.3. The Balaban J connectivity index is 1.83. The molecule has 4 aromatic heterocycles. The van der Waals surface area contributed by atoms with Gasteiger partial charge in [0.25, 0.3) is 0 Å². The monoisotopic (exact) mass is 336 g/mol. The predicted molar refractivity (Wildman–Crippen MR) is 104 cm³/mol. The van der Waals surface area contributed by atoms with Gasteiger partial charge in [-0.2, -0.15) is 0 Å². The summed E-state index contributed by atoms with van der Waals surface area (Å²) in [4.78, 5) is 14.1. The van der Waals surface area contributed by atoms with E-state index in [4.69, 9.17) is 9.97 Å². The molecule has 4 nitrogen and oxygen atoms in total. The van der Waals surface area contributed by atoms with Crippen molar-refractivity contribution in [1.29, 1.82) is 0 Å². The summed E-state index contributed by atoms with van der Waals surface area (Å²) in [6.07, 6.45) is 3.85. The molecule has 0 aliphatic carbocycles. The number of benzene rings is 1. The van der Waals surface area contributed by atoms with Crippen molar-refractivity contribution in [3.8, 4) is 22.6 Å². The van der Waals surface area contributed by atoms with Gasteiger partial charge in [0.1, 0.15) is 5.65 Å².